The summed E-state index contributed by atoms with van der Waals surface area (Å²) in [5.41, 5.74) is 12.3. The molecule has 0 bridgehead atoms. The van der Waals surface area contributed by atoms with Gasteiger partial charge in [0.1, 0.15) is 11.9 Å². The fourth-order valence-electron chi connectivity index (χ4n) is 3.06. The number of aliphatic hydroxyl groups excluding tert-OH is 1. The van der Waals surface area contributed by atoms with Gasteiger partial charge in [0.15, 0.2) is 12.0 Å². The van der Waals surface area contributed by atoms with Gasteiger partial charge in [-0.25, -0.2) is 4.79 Å². The number of furan rings is 1. The Morgan fingerprint density at radius 3 is 2.68 bits per heavy atom. The highest BCUT2D eigenvalue weighted by Gasteiger charge is 2.31. The minimum absolute atomic E-state index is 0.0257. The molecular weight excluding hydrogens is 408 g/mol. The molecule has 0 aliphatic carbocycles. The number of aliphatic hydroxyl groups is 1. The van der Waals surface area contributed by atoms with Crippen LogP contribution in [0.25, 0.3) is 0 Å². The lowest BCUT2D eigenvalue weighted by Crippen LogP contribution is -2.45. The number of nitrogens with zero attached hydrogens (tertiary/aromatic N) is 1. The van der Waals surface area contributed by atoms with E-state index in [4.69, 9.17) is 21.3 Å². The van der Waals surface area contributed by atoms with Gasteiger partial charge in [-0.1, -0.05) is 11.6 Å². The standard InChI is InChI=1S/C19H28N6O6/c20-12(9-11-5-7-25(10-11)19(21)22)17(28)23-6-1-4-14(26)24-15(18(29)30)16(27)13-3-2-8-31-13/h2-3,5,8,12,15-16,27H,1,4,6-7,9-10,20H2,(H3,21,22)(H,23,28)(H,24,26)(H,29,30). The largest absolute Gasteiger partial charge is 0.480 e. The number of hydrogen-bond donors (Lipinski definition) is 7. The molecule has 1 aliphatic rings. The van der Waals surface area contributed by atoms with Gasteiger partial charge in [-0.2, -0.15) is 0 Å². The average Bonchev–Trinajstić information content (AvgIpc) is 3.40. The summed E-state index contributed by atoms with van der Waals surface area (Å²) in [6, 6.07) is 0.572. The summed E-state index contributed by atoms with van der Waals surface area (Å²) in [7, 11) is 0. The maximum absolute atomic E-state index is 12.1. The summed E-state index contributed by atoms with van der Waals surface area (Å²) < 4.78 is 4.97. The molecule has 1 aliphatic heterocycles. The minimum Gasteiger partial charge on any atom is -0.480 e. The van der Waals surface area contributed by atoms with E-state index in [0.717, 1.165) is 5.57 Å². The van der Waals surface area contributed by atoms with Gasteiger partial charge in [-0.15, -0.1) is 0 Å². The molecular formula is C19H28N6O6. The number of amides is 2. The van der Waals surface area contributed by atoms with Gasteiger partial charge in [-0.05, 0) is 25.0 Å². The molecule has 0 saturated carbocycles. The Morgan fingerprint density at radius 2 is 2.10 bits per heavy atom. The van der Waals surface area contributed by atoms with Gasteiger partial charge in [-0.3, -0.25) is 15.0 Å². The number of carbonyl (C=O) groups excluding carboxylic acids is 2. The summed E-state index contributed by atoms with van der Waals surface area (Å²) in [6.45, 7) is 1.15. The van der Waals surface area contributed by atoms with Crippen molar-refractivity contribution in [1.82, 2.24) is 15.5 Å². The smallest absolute Gasteiger partial charge is 0.329 e. The monoisotopic (exact) mass is 436 g/mol. The molecule has 170 valence electrons. The molecule has 2 rings (SSSR count). The fourth-order valence-corrected chi connectivity index (χ4v) is 3.06. The van der Waals surface area contributed by atoms with Crippen LogP contribution in [-0.4, -0.2) is 70.6 Å². The van der Waals surface area contributed by atoms with Crippen LogP contribution in [0.15, 0.2) is 34.5 Å². The third-order valence-corrected chi connectivity index (χ3v) is 4.77. The normalized spacial score (nSPS) is 16.2. The van der Waals surface area contributed by atoms with Gasteiger partial charge in [0.05, 0.1) is 12.3 Å². The van der Waals surface area contributed by atoms with Crippen LogP contribution in [0.2, 0.25) is 0 Å². The van der Waals surface area contributed by atoms with E-state index in [2.05, 4.69) is 10.6 Å². The average molecular weight is 436 g/mol. The van der Waals surface area contributed by atoms with Crippen LogP contribution in [0.4, 0.5) is 0 Å². The molecule has 31 heavy (non-hydrogen) atoms. The van der Waals surface area contributed by atoms with Gasteiger partial charge in [0.2, 0.25) is 11.8 Å². The summed E-state index contributed by atoms with van der Waals surface area (Å²) in [6.07, 6.45) is 2.18. The summed E-state index contributed by atoms with van der Waals surface area (Å²) in [5.74, 6) is -2.38. The van der Waals surface area contributed by atoms with Crippen molar-refractivity contribution in [3.8, 4) is 0 Å². The maximum atomic E-state index is 12.1. The van der Waals surface area contributed by atoms with Crippen molar-refractivity contribution in [2.24, 2.45) is 11.5 Å². The van der Waals surface area contributed by atoms with Crippen molar-refractivity contribution in [3.05, 3.63) is 35.8 Å². The molecule has 3 atom stereocenters. The van der Waals surface area contributed by atoms with Crippen LogP contribution in [0.3, 0.4) is 0 Å². The van der Waals surface area contributed by atoms with E-state index in [1.165, 1.54) is 18.4 Å². The number of nitrogens with two attached hydrogens (primary N) is 2. The van der Waals surface area contributed by atoms with E-state index >= 15 is 0 Å². The minimum atomic E-state index is -1.56. The zero-order valence-corrected chi connectivity index (χ0v) is 16.9. The molecule has 0 fully saturated rings. The second-order valence-electron chi connectivity index (χ2n) is 7.18. The van der Waals surface area contributed by atoms with Crippen molar-refractivity contribution < 1.29 is 29.0 Å². The van der Waals surface area contributed by atoms with Gasteiger partial charge >= 0.3 is 5.97 Å². The highest BCUT2D eigenvalue weighted by atomic mass is 16.4. The third-order valence-electron chi connectivity index (χ3n) is 4.77. The molecule has 2 heterocycles. The molecule has 0 spiro atoms. The van der Waals surface area contributed by atoms with Gasteiger partial charge in [0, 0.05) is 26.1 Å². The highest BCUT2D eigenvalue weighted by molar-refractivity contribution is 5.84. The third kappa shape index (κ3) is 7.12. The van der Waals surface area contributed by atoms with Crippen molar-refractivity contribution in [3.63, 3.8) is 0 Å². The number of nitrogens with one attached hydrogen (secondary N) is 3. The number of hydrogen-bond acceptors (Lipinski definition) is 7. The molecule has 12 heteroatoms. The van der Waals surface area contributed by atoms with Crippen molar-refractivity contribution in [2.75, 3.05) is 19.6 Å². The number of guanidine groups is 1. The molecule has 1 aromatic rings. The lowest BCUT2D eigenvalue weighted by Gasteiger charge is -2.19. The maximum Gasteiger partial charge on any atom is 0.329 e. The highest BCUT2D eigenvalue weighted by Crippen LogP contribution is 2.18. The van der Waals surface area contributed by atoms with Crippen LogP contribution < -0.4 is 22.1 Å². The fraction of sp³-hybridized carbons (Fsp3) is 0.474. The lowest BCUT2D eigenvalue weighted by molar-refractivity contribution is -0.145. The first-order valence-corrected chi connectivity index (χ1v) is 9.72. The molecule has 0 aromatic carbocycles. The zero-order valence-electron chi connectivity index (χ0n) is 16.9. The Labute approximate surface area is 178 Å². The Bertz CT molecular complexity index is 824. The van der Waals surface area contributed by atoms with Crippen molar-refractivity contribution in [2.45, 2.75) is 37.5 Å². The van der Waals surface area contributed by atoms with Crippen LogP contribution in [0, 0.1) is 5.41 Å². The van der Waals surface area contributed by atoms with Crippen LogP contribution >= 0.6 is 0 Å². The first-order chi connectivity index (χ1) is 14.7. The topological polar surface area (TPSA) is 208 Å². The Kier molecular flexibility index (Phi) is 8.58. The Hall–Kier alpha value is -3.38. The van der Waals surface area contributed by atoms with Gasteiger partial charge < -0.3 is 41.6 Å². The second-order valence-corrected chi connectivity index (χ2v) is 7.18. The van der Waals surface area contributed by atoms with Crippen molar-refractivity contribution >= 4 is 23.7 Å². The predicted octanol–water partition coefficient (Wildman–Crippen LogP) is -1.37. The predicted molar refractivity (Wildman–Crippen MR) is 110 cm³/mol. The summed E-state index contributed by atoms with van der Waals surface area (Å²) in [5, 5.41) is 31.6. The van der Waals surface area contributed by atoms with E-state index < -0.39 is 30.1 Å². The Morgan fingerprint density at radius 1 is 1.35 bits per heavy atom. The quantitative estimate of drug-likeness (QED) is 0.0943. The summed E-state index contributed by atoms with van der Waals surface area (Å²) in [4.78, 5) is 37.1. The lowest BCUT2D eigenvalue weighted by atomic mass is 10.1. The number of carbonyl (C=O) groups is 3. The van der Waals surface area contributed by atoms with Crippen LogP contribution in [0.5, 0.6) is 0 Å². The number of rotatable bonds is 11. The second kappa shape index (κ2) is 11.1. The van der Waals surface area contributed by atoms with E-state index in [1.807, 2.05) is 6.08 Å². The molecule has 12 nitrogen and oxygen atoms in total. The van der Waals surface area contributed by atoms with E-state index in [1.54, 1.807) is 4.90 Å². The molecule has 3 unspecified atom stereocenters. The molecule has 0 saturated heterocycles. The molecule has 9 N–H and O–H groups in total. The first kappa shape index (κ1) is 23.9. The van der Waals surface area contributed by atoms with E-state index in [-0.39, 0.29) is 37.0 Å². The molecule has 0 radical (unpaired) electrons. The molecule has 2 amide bonds. The summed E-state index contributed by atoms with van der Waals surface area (Å²) >= 11 is 0. The number of carboxylic acids is 1. The molecule has 1 aromatic heterocycles. The van der Waals surface area contributed by atoms with Crippen LogP contribution in [-0.2, 0) is 14.4 Å². The van der Waals surface area contributed by atoms with Crippen molar-refractivity contribution in [1.29, 1.82) is 5.41 Å². The Balaban J connectivity index is 1.69. The number of carboxylic acid groups (broad SMARTS) is 1. The van der Waals surface area contributed by atoms with E-state index in [9.17, 15) is 24.6 Å². The van der Waals surface area contributed by atoms with Gasteiger partial charge in [0.25, 0.3) is 0 Å². The number of aliphatic carboxylic acids is 1. The van der Waals surface area contributed by atoms with E-state index in [0.29, 0.717) is 19.5 Å². The van der Waals surface area contributed by atoms with Crippen LogP contribution in [0.1, 0.15) is 31.1 Å². The zero-order chi connectivity index (χ0) is 23.0. The first-order valence-electron chi connectivity index (χ1n) is 9.72. The SMILES string of the molecule is N=C(N)N1CC=C(CC(N)C(=O)NCCCC(=O)NC(C(=O)O)C(O)c2ccco2)C1.